The van der Waals surface area contributed by atoms with Gasteiger partial charge in [0.25, 0.3) is 0 Å². The standard InChI is InChI=1S/C17H18ClNO2/c1-11-4-9-15(12(2)10-11)17(3,16(20)21)19-14-7-5-13(18)6-8-14/h4-10,19H,1-3H3,(H,20,21). The first-order valence-electron chi connectivity index (χ1n) is 6.68. The maximum atomic E-state index is 11.8. The Balaban J connectivity index is 2.45. The summed E-state index contributed by atoms with van der Waals surface area (Å²) in [6.07, 6.45) is 0. The quantitative estimate of drug-likeness (QED) is 0.882. The summed E-state index contributed by atoms with van der Waals surface area (Å²) in [5.41, 5.74) is 2.31. The van der Waals surface area contributed by atoms with E-state index in [4.69, 9.17) is 11.6 Å². The SMILES string of the molecule is Cc1ccc(C(C)(Nc2ccc(Cl)cc2)C(=O)O)c(C)c1. The molecule has 2 aromatic carbocycles. The van der Waals surface area contributed by atoms with Crippen molar-refractivity contribution in [2.45, 2.75) is 26.3 Å². The maximum absolute atomic E-state index is 11.8. The average Bonchev–Trinajstić information content (AvgIpc) is 2.41. The van der Waals surface area contributed by atoms with Crippen molar-refractivity contribution in [3.63, 3.8) is 0 Å². The zero-order valence-corrected chi connectivity index (χ0v) is 13.0. The maximum Gasteiger partial charge on any atom is 0.333 e. The molecule has 0 aliphatic rings. The molecule has 0 bridgehead atoms. The molecule has 0 heterocycles. The number of benzene rings is 2. The number of carboxylic acid groups (broad SMARTS) is 1. The minimum absolute atomic E-state index is 0.615. The van der Waals surface area contributed by atoms with Crippen molar-refractivity contribution < 1.29 is 9.90 Å². The van der Waals surface area contributed by atoms with E-state index in [1.165, 1.54) is 0 Å². The predicted molar refractivity (Wildman–Crippen MR) is 86.0 cm³/mol. The van der Waals surface area contributed by atoms with Gasteiger partial charge in [-0.25, -0.2) is 4.79 Å². The van der Waals surface area contributed by atoms with Crippen LogP contribution in [0.2, 0.25) is 5.02 Å². The molecule has 0 fully saturated rings. The number of hydrogen-bond acceptors (Lipinski definition) is 2. The minimum atomic E-state index is -1.20. The van der Waals surface area contributed by atoms with Crippen LogP contribution in [0.25, 0.3) is 0 Å². The Hall–Kier alpha value is -2.00. The van der Waals surface area contributed by atoms with E-state index >= 15 is 0 Å². The molecule has 0 spiro atoms. The number of halogens is 1. The Bertz CT molecular complexity index is 667. The largest absolute Gasteiger partial charge is 0.479 e. The van der Waals surface area contributed by atoms with Crippen LogP contribution in [0.15, 0.2) is 42.5 Å². The van der Waals surface area contributed by atoms with Gasteiger partial charge in [0.1, 0.15) is 0 Å². The number of aliphatic carboxylic acids is 1. The normalized spacial score (nSPS) is 13.5. The molecule has 0 amide bonds. The topological polar surface area (TPSA) is 49.3 Å². The zero-order valence-electron chi connectivity index (χ0n) is 12.3. The number of carboxylic acids is 1. The van der Waals surface area contributed by atoms with Crippen LogP contribution in [0.3, 0.4) is 0 Å². The summed E-state index contributed by atoms with van der Waals surface area (Å²) in [6.45, 7) is 5.58. The molecule has 1 unspecified atom stereocenters. The Kier molecular flexibility index (Phi) is 4.24. The fraction of sp³-hybridized carbons (Fsp3) is 0.235. The summed E-state index contributed by atoms with van der Waals surface area (Å²) in [7, 11) is 0. The lowest BCUT2D eigenvalue weighted by Gasteiger charge is -2.29. The van der Waals surface area contributed by atoms with Crippen molar-refractivity contribution in [2.75, 3.05) is 5.32 Å². The molecule has 4 heteroatoms. The summed E-state index contributed by atoms with van der Waals surface area (Å²) in [5.74, 6) is -0.926. The Labute approximate surface area is 129 Å². The van der Waals surface area contributed by atoms with Crippen molar-refractivity contribution >= 4 is 23.3 Å². The van der Waals surface area contributed by atoms with Crippen LogP contribution >= 0.6 is 11.6 Å². The number of hydrogen-bond donors (Lipinski definition) is 2. The molecule has 0 radical (unpaired) electrons. The number of carbonyl (C=O) groups is 1. The van der Waals surface area contributed by atoms with Crippen LogP contribution in [-0.4, -0.2) is 11.1 Å². The van der Waals surface area contributed by atoms with E-state index in [1.54, 1.807) is 31.2 Å². The van der Waals surface area contributed by atoms with Gasteiger partial charge >= 0.3 is 5.97 Å². The molecular formula is C17H18ClNO2. The van der Waals surface area contributed by atoms with E-state index in [9.17, 15) is 9.90 Å². The molecule has 2 aromatic rings. The first-order chi connectivity index (χ1) is 9.83. The number of rotatable bonds is 4. The van der Waals surface area contributed by atoms with Gasteiger partial charge in [-0.2, -0.15) is 0 Å². The van der Waals surface area contributed by atoms with Crippen LogP contribution in [0.5, 0.6) is 0 Å². The van der Waals surface area contributed by atoms with Crippen molar-refractivity contribution in [2.24, 2.45) is 0 Å². The second-order valence-corrected chi connectivity index (χ2v) is 5.82. The molecule has 2 N–H and O–H groups in total. The number of aryl methyl sites for hydroxylation is 2. The molecular weight excluding hydrogens is 286 g/mol. The summed E-state index contributed by atoms with van der Waals surface area (Å²) >= 11 is 5.86. The second-order valence-electron chi connectivity index (χ2n) is 5.38. The van der Waals surface area contributed by atoms with Gasteiger partial charge in [-0.05, 0) is 56.2 Å². The predicted octanol–water partition coefficient (Wildman–Crippen LogP) is 4.37. The Morgan fingerprint density at radius 3 is 2.29 bits per heavy atom. The summed E-state index contributed by atoms with van der Waals surface area (Å²) in [4.78, 5) is 11.8. The van der Waals surface area contributed by atoms with E-state index in [1.807, 2.05) is 32.0 Å². The molecule has 0 saturated carbocycles. The third-order valence-corrected chi connectivity index (χ3v) is 3.84. The fourth-order valence-electron chi connectivity index (χ4n) is 2.43. The fourth-order valence-corrected chi connectivity index (χ4v) is 2.56. The van der Waals surface area contributed by atoms with Crippen molar-refractivity contribution in [1.82, 2.24) is 0 Å². The van der Waals surface area contributed by atoms with Gasteiger partial charge in [0.05, 0.1) is 0 Å². The van der Waals surface area contributed by atoms with Crippen LogP contribution in [0.4, 0.5) is 5.69 Å². The number of nitrogens with one attached hydrogen (secondary N) is 1. The average molecular weight is 304 g/mol. The molecule has 0 aliphatic heterocycles. The smallest absolute Gasteiger partial charge is 0.333 e. The molecule has 1 atom stereocenters. The molecule has 3 nitrogen and oxygen atoms in total. The molecule has 0 aromatic heterocycles. The third kappa shape index (κ3) is 3.19. The van der Waals surface area contributed by atoms with E-state index in [-0.39, 0.29) is 0 Å². The second kappa shape index (κ2) is 5.78. The van der Waals surface area contributed by atoms with Gasteiger partial charge in [-0.3, -0.25) is 0 Å². The molecule has 2 rings (SSSR count). The molecule has 21 heavy (non-hydrogen) atoms. The monoisotopic (exact) mass is 303 g/mol. The molecule has 0 aliphatic carbocycles. The Morgan fingerprint density at radius 1 is 1.14 bits per heavy atom. The van der Waals surface area contributed by atoms with E-state index in [2.05, 4.69) is 5.32 Å². The van der Waals surface area contributed by atoms with E-state index < -0.39 is 11.5 Å². The summed E-state index contributed by atoms with van der Waals surface area (Å²) in [5, 5.41) is 13.4. The lowest BCUT2D eigenvalue weighted by Crippen LogP contribution is -2.41. The zero-order chi connectivity index (χ0) is 15.6. The highest BCUT2D eigenvalue weighted by molar-refractivity contribution is 6.30. The third-order valence-electron chi connectivity index (χ3n) is 3.59. The van der Waals surface area contributed by atoms with Crippen LogP contribution in [0.1, 0.15) is 23.6 Å². The summed E-state index contributed by atoms with van der Waals surface area (Å²) in [6, 6.07) is 12.8. The van der Waals surface area contributed by atoms with Crippen molar-refractivity contribution in [3.05, 3.63) is 64.2 Å². The van der Waals surface area contributed by atoms with E-state index in [0.29, 0.717) is 10.7 Å². The minimum Gasteiger partial charge on any atom is -0.479 e. The van der Waals surface area contributed by atoms with Gasteiger partial charge in [0.2, 0.25) is 0 Å². The lowest BCUT2D eigenvalue weighted by atomic mass is 9.87. The molecule has 110 valence electrons. The highest BCUT2D eigenvalue weighted by Gasteiger charge is 2.36. The Morgan fingerprint density at radius 2 is 1.76 bits per heavy atom. The number of anilines is 1. The first-order valence-corrected chi connectivity index (χ1v) is 7.05. The highest BCUT2D eigenvalue weighted by atomic mass is 35.5. The molecule has 0 saturated heterocycles. The van der Waals surface area contributed by atoms with Crippen molar-refractivity contribution in [1.29, 1.82) is 0 Å². The highest BCUT2D eigenvalue weighted by Crippen LogP contribution is 2.30. The van der Waals surface area contributed by atoms with Gasteiger partial charge in [0, 0.05) is 10.7 Å². The van der Waals surface area contributed by atoms with Gasteiger partial charge in [-0.1, -0.05) is 35.4 Å². The lowest BCUT2D eigenvalue weighted by molar-refractivity contribution is -0.142. The van der Waals surface area contributed by atoms with Crippen LogP contribution in [-0.2, 0) is 10.3 Å². The van der Waals surface area contributed by atoms with E-state index in [0.717, 1.165) is 16.7 Å². The van der Waals surface area contributed by atoms with Crippen LogP contribution < -0.4 is 5.32 Å². The van der Waals surface area contributed by atoms with Crippen LogP contribution in [0, 0.1) is 13.8 Å². The summed E-state index contributed by atoms with van der Waals surface area (Å²) < 4.78 is 0. The van der Waals surface area contributed by atoms with Gasteiger partial charge in [-0.15, -0.1) is 0 Å². The first kappa shape index (κ1) is 15.4. The van der Waals surface area contributed by atoms with Crippen molar-refractivity contribution in [3.8, 4) is 0 Å². The van der Waals surface area contributed by atoms with Gasteiger partial charge < -0.3 is 10.4 Å². The van der Waals surface area contributed by atoms with Gasteiger partial charge in [0.15, 0.2) is 5.54 Å².